The van der Waals surface area contributed by atoms with Crippen LogP contribution in [0.15, 0.2) is 55.6 Å². The summed E-state index contributed by atoms with van der Waals surface area (Å²) in [7, 11) is 0. The minimum Gasteiger partial charge on any atom is -0.396 e. The molecule has 3 aliphatic rings. The predicted molar refractivity (Wildman–Crippen MR) is 186 cm³/mol. The van der Waals surface area contributed by atoms with Gasteiger partial charge in [-0.2, -0.15) is 0 Å². The van der Waals surface area contributed by atoms with Crippen LogP contribution in [0.4, 0.5) is 0 Å². The summed E-state index contributed by atoms with van der Waals surface area (Å²) in [5, 5.41) is 9.31. The maximum absolute atomic E-state index is 15.1. The summed E-state index contributed by atoms with van der Waals surface area (Å²) in [5.74, 6) is -1.82. The Labute approximate surface area is 283 Å². The van der Waals surface area contributed by atoms with E-state index in [4.69, 9.17) is 4.74 Å². The first kappa shape index (κ1) is 36.9. The topological polar surface area (TPSA) is 90.4 Å². The standard InChI is InChI=1S/C39H59N3O5/c1-9-23-40(27-29-19-15-14-16-20-29)33(44)30-31-34(45)41(25-17-12-13-18-26-43)32(39(31)22-21-38(30,11-3)47-39)35(46)42(24-10-2)37(7,8)28-36(4,5)6/h9-10,14-16,19-20,30-32,43H,1-2,11-13,17-18,21-28H2,3-8H3/t30-,31-,32?,38+,39?/m0/s1. The number of benzene rings is 1. The molecule has 0 saturated carbocycles. The summed E-state index contributed by atoms with van der Waals surface area (Å²) < 4.78 is 7.11. The summed E-state index contributed by atoms with van der Waals surface area (Å²) in [4.78, 5) is 50.1. The van der Waals surface area contributed by atoms with Crippen molar-refractivity contribution in [3.63, 3.8) is 0 Å². The van der Waals surface area contributed by atoms with Gasteiger partial charge in [0.15, 0.2) is 0 Å². The molecule has 1 aromatic rings. The number of nitrogens with zero attached hydrogens (tertiary/aromatic N) is 3. The molecule has 3 amide bonds. The van der Waals surface area contributed by atoms with Crippen LogP contribution >= 0.6 is 0 Å². The molecule has 1 N–H and O–H groups in total. The van der Waals surface area contributed by atoms with E-state index in [1.165, 1.54) is 0 Å². The van der Waals surface area contributed by atoms with E-state index in [0.717, 1.165) is 24.8 Å². The molecule has 1 aromatic carbocycles. The molecule has 2 unspecified atom stereocenters. The first-order valence-corrected chi connectivity index (χ1v) is 17.7. The maximum Gasteiger partial charge on any atom is 0.249 e. The first-order valence-electron chi connectivity index (χ1n) is 17.7. The van der Waals surface area contributed by atoms with Crippen molar-refractivity contribution >= 4 is 17.7 Å². The van der Waals surface area contributed by atoms with Crippen molar-refractivity contribution in [2.45, 2.75) is 122 Å². The van der Waals surface area contributed by atoms with Crippen molar-refractivity contribution in [1.82, 2.24) is 14.7 Å². The number of aliphatic hydroxyl groups excluding tert-OH is 1. The Morgan fingerprint density at radius 1 is 1.00 bits per heavy atom. The normalized spacial score (nSPS) is 26.7. The van der Waals surface area contributed by atoms with Crippen molar-refractivity contribution < 1.29 is 24.2 Å². The fraction of sp³-hybridized carbons (Fsp3) is 0.667. The highest BCUT2D eigenvalue weighted by molar-refractivity contribution is 5.99. The SMILES string of the molecule is C=CCN(Cc1ccccc1)C(=O)[C@@H]1[C@H]2C(=O)N(CCCCCCO)C(C(=O)N(CC=C)C(C)(C)CC(C)(C)C)C23CC[C@@]1(CC)O3. The lowest BCUT2D eigenvalue weighted by atomic mass is 9.64. The highest BCUT2D eigenvalue weighted by atomic mass is 16.5. The van der Waals surface area contributed by atoms with Gasteiger partial charge < -0.3 is 24.5 Å². The molecule has 3 saturated heterocycles. The molecule has 4 rings (SSSR count). The van der Waals surface area contributed by atoms with Gasteiger partial charge in [-0.1, -0.05) is 83.0 Å². The van der Waals surface area contributed by atoms with Gasteiger partial charge in [0.05, 0.1) is 17.4 Å². The Kier molecular flexibility index (Phi) is 11.5. The van der Waals surface area contributed by atoms with Crippen LogP contribution in [0.1, 0.15) is 98.5 Å². The lowest BCUT2D eigenvalue weighted by molar-refractivity contribution is -0.158. The highest BCUT2D eigenvalue weighted by Gasteiger charge is 2.79. The second-order valence-electron chi connectivity index (χ2n) is 15.8. The van der Waals surface area contributed by atoms with E-state index in [-0.39, 0.29) is 29.7 Å². The van der Waals surface area contributed by atoms with Gasteiger partial charge in [-0.25, -0.2) is 0 Å². The molecule has 1 spiro atoms. The molecule has 3 fully saturated rings. The van der Waals surface area contributed by atoms with Crippen LogP contribution in [0.2, 0.25) is 0 Å². The number of hydrogen-bond donors (Lipinski definition) is 1. The zero-order chi connectivity index (χ0) is 34.6. The van der Waals surface area contributed by atoms with Crippen molar-refractivity contribution in [2.75, 3.05) is 26.2 Å². The van der Waals surface area contributed by atoms with Crippen molar-refractivity contribution in [3.8, 4) is 0 Å². The Morgan fingerprint density at radius 2 is 1.66 bits per heavy atom. The van der Waals surface area contributed by atoms with Gasteiger partial charge in [0.25, 0.3) is 0 Å². The number of unbranched alkanes of at least 4 members (excludes halogenated alkanes) is 3. The Morgan fingerprint density at radius 3 is 2.26 bits per heavy atom. The summed E-state index contributed by atoms with van der Waals surface area (Å²) in [5.41, 5.74) is -1.45. The van der Waals surface area contributed by atoms with E-state index in [0.29, 0.717) is 58.3 Å². The van der Waals surface area contributed by atoms with Crippen LogP contribution in [-0.2, 0) is 25.7 Å². The lowest BCUT2D eigenvalue weighted by Gasteiger charge is -2.45. The summed E-state index contributed by atoms with van der Waals surface area (Å²) in [6, 6.07) is 9.04. The fourth-order valence-electron chi connectivity index (χ4n) is 9.05. The highest BCUT2D eigenvalue weighted by Crippen LogP contribution is 2.65. The quantitative estimate of drug-likeness (QED) is 0.162. The van der Waals surface area contributed by atoms with Crippen molar-refractivity contribution in [2.24, 2.45) is 17.3 Å². The van der Waals surface area contributed by atoms with E-state index in [9.17, 15) is 14.7 Å². The lowest BCUT2D eigenvalue weighted by Crippen LogP contribution is -2.61. The second kappa shape index (κ2) is 14.7. The third-order valence-electron chi connectivity index (χ3n) is 10.6. The number of ether oxygens (including phenoxy) is 1. The van der Waals surface area contributed by atoms with Gasteiger partial charge in [0, 0.05) is 38.3 Å². The summed E-state index contributed by atoms with van der Waals surface area (Å²) >= 11 is 0. The summed E-state index contributed by atoms with van der Waals surface area (Å²) in [6.07, 6.45) is 9.10. The Hall–Kier alpha value is -2.97. The third kappa shape index (κ3) is 7.24. The van der Waals surface area contributed by atoms with Crippen LogP contribution in [0.3, 0.4) is 0 Å². The molecule has 0 radical (unpaired) electrons. The van der Waals surface area contributed by atoms with Crippen LogP contribution in [-0.4, -0.2) is 86.6 Å². The monoisotopic (exact) mass is 649 g/mol. The van der Waals surface area contributed by atoms with E-state index in [2.05, 4.69) is 47.8 Å². The molecule has 2 bridgehead atoms. The summed E-state index contributed by atoms with van der Waals surface area (Å²) in [6.45, 7) is 22.3. The average molecular weight is 650 g/mol. The zero-order valence-electron chi connectivity index (χ0n) is 29.8. The van der Waals surface area contributed by atoms with Gasteiger partial charge in [0.2, 0.25) is 17.7 Å². The number of rotatable bonds is 17. The van der Waals surface area contributed by atoms with Crippen molar-refractivity contribution in [1.29, 1.82) is 0 Å². The number of carbonyl (C=O) groups is 3. The largest absolute Gasteiger partial charge is 0.396 e. The molecule has 0 aliphatic carbocycles. The minimum atomic E-state index is -1.08. The Bertz CT molecular complexity index is 1290. The molecule has 47 heavy (non-hydrogen) atoms. The van der Waals surface area contributed by atoms with E-state index < -0.39 is 34.6 Å². The van der Waals surface area contributed by atoms with Gasteiger partial charge in [0.1, 0.15) is 11.6 Å². The molecule has 8 heteroatoms. The van der Waals surface area contributed by atoms with Crippen LogP contribution in [0, 0.1) is 17.3 Å². The number of amides is 3. The average Bonchev–Trinajstić information content (AvgIpc) is 3.61. The molecular weight excluding hydrogens is 590 g/mol. The fourth-order valence-corrected chi connectivity index (χ4v) is 9.05. The number of hydrogen-bond acceptors (Lipinski definition) is 5. The van der Waals surface area contributed by atoms with E-state index in [1.807, 2.05) is 42.2 Å². The molecule has 3 heterocycles. The van der Waals surface area contributed by atoms with Crippen LogP contribution < -0.4 is 0 Å². The van der Waals surface area contributed by atoms with E-state index >= 15 is 4.79 Å². The van der Waals surface area contributed by atoms with E-state index in [1.54, 1.807) is 22.0 Å². The molecular formula is C39H59N3O5. The van der Waals surface area contributed by atoms with Gasteiger partial charge in [-0.15, -0.1) is 13.2 Å². The number of fused-ring (bicyclic) bond motifs is 1. The van der Waals surface area contributed by atoms with Crippen molar-refractivity contribution in [3.05, 3.63) is 61.2 Å². The zero-order valence-corrected chi connectivity index (χ0v) is 29.8. The molecule has 260 valence electrons. The van der Waals surface area contributed by atoms with Gasteiger partial charge >= 0.3 is 0 Å². The number of likely N-dealkylation sites (tertiary alicyclic amines) is 1. The minimum absolute atomic E-state index is 0.0403. The molecule has 3 aliphatic heterocycles. The number of carbonyl (C=O) groups excluding carboxylic acids is 3. The van der Waals surface area contributed by atoms with Crippen LogP contribution in [0.5, 0.6) is 0 Å². The first-order chi connectivity index (χ1) is 22.2. The number of aliphatic hydroxyl groups is 1. The molecule has 0 aromatic heterocycles. The molecule has 8 nitrogen and oxygen atoms in total. The Balaban J connectivity index is 1.78. The van der Waals surface area contributed by atoms with Gasteiger partial charge in [-0.3, -0.25) is 14.4 Å². The smallest absolute Gasteiger partial charge is 0.249 e. The second-order valence-corrected chi connectivity index (χ2v) is 15.8. The van der Waals surface area contributed by atoms with Crippen LogP contribution in [0.25, 0.3) is 0 Å². The predicted octanol–water partition coefficient (Wildman–Crippen LogP) is 6.14. The third-order valence-corrected chi connectivity index (χ3v) is 10.6. The maximum atomic E-state index is 15.1. The molecule has 5 atom stereocenters. The van der Waals surface area contributed by atoms with Gasteiger partial charge in [-0.05, 0) is 63.4 Å².